The summed E-state index contributed by atoms with van der Waals surface area (Å²) in [5.74, 6) is 0. The molecule has 0 bridgehead atoms. The average Bonchev–Trinajstić information content (AvgIpc) is 2.58. The van der Waals surface area contributed by atoms with E-state index in [0.29, 0.717) is 0 Å². The molecule has 1 aromatic heterocycles. The van der Waals surface area contributed by atoms with Gasteiger partial charge in [0.2, 0.25) is 0 Å². The molecule has 0 aliphatic heterocycles. The van der Waals surface area contributed by atoms with Gasteiger partial charge in [-0.05, 0) is 40.3 Å². The lowest BCUT2D eigenvalue weighted by molar-refractivity contribution is 0.112. The van der Waals surface area contributed by atoms with Crippen molar-refractivity contribution in [1.29, 1.82) is 0 Å². The van der Waals surface area contributed by atoms with Crippen LogP contribution in [0.3, 0.4) is 0 Å². The van der Waals surface area contributed by atoms with Gasteiger partial charge in [-0.3, -0.25) is 4.79 Å². The number of hydrogen-bond donors (Lipinski definition) is 0. The topological polar surface area (TPSA) is 17.1 Å². The molecule has 4 heteroatoms. The third kappa shape index (κ3) is 1.75. The number of fused-ring (bicyclic) bond motifs is 1. The number of carbonyl (C=O) groups excluding carboxylic acids is 1. The molecule has 2 aromatic rings. The number of aldehydes is 1. The van der Waals surface area contributed by atoms with Crippen molar-refractivity contribution < 1.29 is 4.79 Å². The third-order valence-corrected chi connectivity index (χ3v) is 4.62. The lowest BCUT2D eigenvalue weighted by Crippen LogP contribution is -1.84. The zero-order valence-corrected chi connectivity index (χ0v) is 11.6. The summed E-state index contributed by atoms with van der Waals surface area (Å²) in [6.07, 6.45) is 0.919. The van der Waals surface area contributed by atoms with Gasteiger partial charge in [-0.25, -0.2) is 0 Å². The molecule has 0 unspecified atom stereocenters. The Balaban J connectivity index is 2.75. The quantitative estimate of drug-likeness (QED) is 0.433. The molecule has 0 fully saturated rings. The minimum absolute atomic E-state index is 0.795. The number of thiophene rings is 1. The number of hydrogen-bond acceptors (Lipinski definition) is 2. The van der Waals surface area contributed by atoms with Crippen molar-refractivity contribution in [1.82, 2.24) is 0 Å². The van der Waals surface area contributed by atoms with Crippen LogP contribution >= 0.6 is 49.9 Å². The predicted octanol–water partition coefficient (Wildman–Crippen LogP) is 4.21. The van der Waals surface area contributed by atoms with Crippen molar-refractivity contribution in [2.45, 2.75) is 5.33 Å². The third-order valence-electron chi connectivity index (χ3n) is 2.04. The maximum Gasteiger partial charge on any atom is 0.151 e. The molecule has 1 nitrogen and oxygen atoms in total. The highest BCUT2D eigenvalue weighted by Gasteiger charge is 2.06. The second-order valence-corrected chi connectivity index (χ2v) is 5.52. The van der Waals surface area contributed by atoms with E-state index in [-0.39, 0.29) is 0 Å². The minimum Gasteiger partial charge on any atom is -0.298 e. The molecule has 72 valence electrons. The van der Waals surface area contributed by atoms with E-state index < -0.39 is 0 Å². The summed E-state index contributed by atoms with van der Waals surface area (Å²) in [6.45, 7) is 0. The molecular formula is C10H6BrIOS. The van der Waals surface area contributed by atoms with E-state index in [1.807, 2.05) is 5.38 Å². The van der Waals surface area contributed by atoms with Crippen LogP contribution in [-0.2, 0) is 5.33 Å². The fourth-order valence-electron chi connectivity index (χ4n) is 1.30. The Morgan fingerprint density at radius 1 is 1.50 bits per heavy atom. The first kappa shape index (κ1) is 10.6. The zero-order chi connectivity index (χ0) is 10.1. The van der Waals surface area contributed by atoms with E-state index in [4.69, 9.17) is 0 Å². The number of alkyl halides is 1. The molecule has 0 saturated heterocycles. The Morgan fingerprint density at radius 2 is 2.29 bits per heavy atom. The molecule has 14 heavy (non-hydrogen) atoms. The molecule has 0 saturated carbocycles. The summed E-state index contributed by atoms with van der Waals surface area (Å²) in [7, 11) is 0. The summed E-state index contributed by atoms with van der Waals surface area (Å²) in [4.78, 5) is 10.7. The van der Waals surface area contributed by atoms with Gasteiger partial charge in [0.1, 0.15) is 0 Å². The van der Waals surface area contributed by atoms with Crippen molar-refractivity contribution in [3.05, 3.63) is 32.2 Å². The number of rotatable bonds is 2. The summed E-state index contributed by atoms with van der Waals surface area (Å²) in [5.41, 5.74) is 2.07. The first-order valence-electron chi connectivity index (χ1n) is 3.97. The molecule has 2 rings (SSSR count). The van der Waals surface area contributed by atoms with Gasteiger partial charge in [0.15, 0.2) is 6.29 Å². The normalized spacial score (nSPS) is 10.7. The maximum absolute atomic E-state index is 10.7. The largest absolute Gasteiger partial charge is 0.298 e. The highest BCUT2D eigenvalue weighted by molar-refractivity contribution is 14.1. The van der Waals surface area contributed by atoms with Gasteiger partial charge in [0, 0.05) is 29.9 Å². The Bertz CT molecular complexity index is 492. The summed E-state index contributed by atoms with van der Waals surface area (Å²) in [5, 5.41) is 3.83. The molecule has 0 aliphatic carbocycles. The van der Waals surface area contributed by atoms with E-state index in [9.17, 15) is 4.79 Å². The van der Waals surface area contributed by atoms with E-state index >= 15 is 0 Å². The van der Waals surface area contributed by atoms with Crippen LogP contribution in [0.25, 0.3) is 10.1 Å². The van der Waals surface area contributed by atoms with Crippen molar-refractivity contribution in [2.24, 2.45) is 0 Å². The highest BCUT2D eigenvalue weighted by Crippen LogP contribution is 2.29. The molecule has 0 atom stereocenters. The van der Waals surface area contributed by atoms with Crippen LogP contribution < -0.4 is 0 Å². The van der Waals surface area contributed by atoms with E-state index in [1.54, 1.807) is 11.3 Å². The standard InChI is InChI=1S/C10H6BrIOS/c11-3-6-1-10-8(2-9(6)12)7(4-13)5-14-10/h1-2,4-5H,3H2. The van der Waals surface area contributed by atoms with Crippen LogP contribution in [0.15, 0.2) is 17.5 Å². The van der Waals surface area contributed by atoms with Crippen LogP contribution in [0.4, 0.5) is 0 Å². The predicted molar refractivity (Wildman–Crippen MR) is 72.6 cm³/mol. The van der Waals surface area contributed by atoms with Gasteiger partial charge < -0.3 is 0 Å². The van der Waals surface area contributed by atoms with Gasteiger partial charge >= 0.3 is 0 Å². The first-order valence-corrected chi connectivity index (χ1v) is 7.05. The van der Waals surface area contributed by atoms with E-state index in [1.165, 1.54) is 13.8 Å². The SMILES string of the molecule is O=Cc1csc2cc(CBr)c(I)cc12. The lowest BCUT2D eigenvalue weighted by atomic mass is 10.1. The van der Waals surface area contributed by atoms with Gasteiger partial charge in [-0.1, -0.05) is 15.9 Å². The van der Waals surface area contributed by atoms with Gasteiger partial charge in [0.05, 0.1) is 0 Å². The Hall–Kier alpha value is 0.0600. The van der Waals surface area contributed by atoms with Gasteiger partial charge in [-0.15, -0.1) is 11.3 Å². The van der Waals surface area contributed by atoms with E-state index in [2.05, 4.69) is 50.7 Å². The van der Waals surface area contributed by atoms with Crippen LogP contribution in [0.2, 0.25) is 0 Å². The lowest BCUT2D eigenvalue weighted by Gasteiger charge is -2.00. The van der Waals surface area contributed by atoms with Crippen molar-refractivity contribution in [3.8, 4) is 0 Å². The molecule has 0 radical (unpaired) electrons. The molecular weight excluding hydrogens is 375 g/mol. The fourth-order valence-corrected chi connectivity index (χ4v) is 3.90. The average molecular weight is 381 g/mol. The summed E-state index contributed by atoms with van der Waals surface area (Å²) in [6, 6.07) is 4.22. The summed E-state index contributed by atoms with van der Waals surface area (Å²) >= 11 is 7.37. The molecule has 0 spiro atoms. The molecule has 0 N–H and O–H groups in total. The van der Waals surface area contributed by atoms with E-state index in [0.717, 1.165) is 22.6 Å². The van der Waals surface area contributed by atoms with Crippen molar-refractivity contribution in [3.63, 3.8) is 0 Å². The van der Waals surface area contributed by atoms with Crippen LogP contribution in [-0.4, -0.2) is 6.29 Å². The first-order chi connectivity index (χ1) is 6.76. The fraction of sp³-hybridized carbons (Fsp3) is 0.100. The van der Waals surface area contributed by atoms with Gasteiger partial charge in [-0.2, -0.15) is 0 Å². The molecule has 0 aliphatic rings. The Kier molecular flexibility index (Phi) is 3.23. The minimum atomic E-state index is 0.795. The molecule has 0 amide bonds. The maximum atomic E-state index is 10.7. The zero-order valence-electron chi connectivity index (χ0n) is 7.09. The molecule has 1 heterocycles. The van der Waals surface area contributed by atoms with Crippen LogP contribution in [0, 0.1) is 3.57 Å². The van der Waals surface area contributed by atoms with Crippen LogP contribution in [0.5, 0.6) is 0 Å². The Labute approximate surface area is 108 Å². The smallest absolute Gasteiger partial charge is 0.151 e. The second kappa shape index (κ2) is 4.28. The van der Waals surface area contributed by atoms with Crippen LogP contribution in [0.1, 0.15) is 15.9 Å². The second-order valence-electron chi connectivity index (χ2n) is 2.88. The number of carbonyl (C=O) groups is 1. The van der Waals surface area contributed by atoms with Crippen molar-refractivity contribution in [2.75, 3.05) is 0 Å². The molecule has 1 aromatic carbocycles. The van der Waals surface area contributed by atoms with Gasteiger partial charge in [0.25, 0.3) is 0 Å². The number of benzene rings is 1. The summed E-state index contributed by atoms with van der Waals surface area (Å²) < 4.78 is 2.38. The highest BCUT2D eigenvalue weighted by atomic mass is 127. The monoisotopic (exact) mass is 380 g/mol. The Morgan fingerprint density at radius 3 is 2.93 bits per heavy atom. The number of halogens is 2. The van der Waals surface area contributed by atoms with Crippen molar-refractivity contribution >= 4 is 66.2 Å².